The molecule has 0 radical (unpaired) electrons. The Hall–Kier alpha value is -3.56. The zero-order valence-electron chi connectivity index (χ0n) is 16.5. The van der Waals surface area contributed by atoms with Gasteiger partial charge in [-0.05, 0) is 36.4 Å². The molecule has 4 rings (SSSR count). The molecular weight excluding hydrogens is 419 g/mol. The number of likely N-dealkylation sites (N-methyl/N-ethyl adjacent to an activating group) is 1. The molecule has 0 unspecified atom stereocenters. The lowest BCUT2D eigenvalue weighted by Crippen LogP contribution is -2.35. The molecule has 0 aliphatic rings. The maximum absolute atomic E-state index is 13.3. The van der Waals surface area contributed by atoms with Crippen LogP contribution in [0.25, 0.3) is 22.4 Å². The molecule has 0 atom stereocenters. The van der Waals surface area contributed by atoms with Gasteiger partial charge in [-0.25, -0.2) is 17.8 Å². The van der Waals surface area contributed by atoms with Crippen molar-refractivity contribution in [2.24, 2.45) is 0 Å². The average molecular weight is 438 g/mol. The Balaban J connectivity index is 1.53. The summed E-state index contributed by atoms with van der Waals surface area (Å²) in [5.41, 5.74) is 2.33. The van der Waals surface area contributed by atoms with Crippen LogP contribution in [0, 0.1) is 5.82 Å². The molecule has 31 heavy (non-hydrogen) atoms. The molecule has 0 aliphatic carbocycles. The van der Waals surface area contributed by atoms with Gasteiger partial charge in [-0.2, -0.15) is 4.31 Å². The lowest BCUT2D eigenvalue weighted by atomic mass is 10.2. The molecular formula is C22H19FN4O3S. The van der Waals surface area contributed by atoms with Crippen LogP contribution in [-0.2, 0) is 14.8 Å². The van der Waals surface area contributed by atoms with E-state index in [1.165, 1.54) is 37.4 Å². The molecule has 158 valence electrons. The number of hydrogen-bond acceptors (Lipinski definition) is 4. The fraction of sp³-hybridized carbons (Fsp3) is 0.0909. The summed E-state index contributed by atoms with van der Waals surface area (Å²) in [4.78, 5) is 19.9. The predicted octanol–water partition coefficient (Wildman–Crippen LogP) is 3.63. The number of amides is 1. The average Bonchev–Trinajstić information content (AvgIpc) is 3.17. The van der Waals surface area contributed by atoms with Gasteiger partial charge in [0.15, 0.2) is 0 Å². The number of nitrogens with zero attached hydrogens (tertiary/aromatic N) is 2. The number of anilines is 1. The number of carbonyl (C=O) groups is 1. The van der Waals surface area contributed by atoms with Crippen molar-refractivity contribution in [3.63, 3.8) is 0 Å². The minimum absolute atomic E-state index is 0.0318. The Kier molecular flexibility index (Phi) is 5.53. The van der Waals surface area contributed by atoms with Crippen LogP contribution in [0.4, 0.5) is 10.1 Å². The van der Waals surface area contributed by atoms with Gasteiger partial charge in [0, 0.05) is 18.3 Å². The first-order chi connectivity index (χ1) is 14.8. The first kappa shape index (κ1) is 20.7. The topological polar surface area (TPSA) is 95.2 Å². The number of rotatable bonds is 6. The van der Waals surface area contributed by atoms with Crippen molar-refractivity contribution in [2.75, 3.05) is 18.9 Å². The Morgan fingerprint density at radius 2 is 1.84 bits per heavy atom. The fourth-order valence-electron chi connectivity index (χ4n) is 3.12. The third kappa shape index (κ3) is 4.47. The molecule has 9 heteroatoms. The van der Waals surface area contributed by atoms with Gasteiger partial charge in [-0.3, -0.25) is 4.79 Å². The van der Waals surface area contributed by atoms with E-state index in [2.05, 4.69) is 15.3 Å². The molecule has 3 aromatic carbocycles. The second-order valence-electron chi connectivity index (χ2n) is 6.95. The van der Waals surface area contributed by atoms with Crippen LogP contribution in [0.2, 0.25) is 0 Å². The van der Waals surface area contributed by atoms with Crippen molar-refractivity contribution in [1.29, 1.82) is 0 Å². The highest BCUT2D eigenvalue weighted by Crippen LogP contribution is 2.24. The van der Waals surface area contributed by atoms with E-state index in [0.29, 0.717) is 16.9 Å². The van der Waals surface area contributed by atoms with Gasteiger partial charge >= 0.3 is 0 Å². The summed E-state index contributed by atoms with van der Waals surface area (Å²) >= 11 is 0. The zero-order valence-corrected chi connectivity index (χ0v) is 17.4. The normalized spacial score (nSPS) is 11.7. The van der Waals surface area contributed by atoms with Crippen molar-refractivity contribution >= 4 is 32.7 Å². The molecule has 1 aromatic heterocycles. The van der Waals surface area contributed by atoms with Crippen LogP contribution in [-0.4, -0.2) is 42.2 Å². The van der Waals surface area contributed by atoms with Crippen LogP contribution in [0.15, 0.2) is 77.7 Å². The number of aromatic nitrogens is 2. The van der Waals surface area contributed by atoms with Crippen LogP contribution in [0.5, 0.6) is 0 Å². The molecule has 1 amide bonds. The fourth-order valence-corrected chi connectivity index (χ4v) is 4.27. The number of halogens is 1. The van der Waals surface area contributed by atoms with Gasteiger partial charge in [0.2, 0.25) is 15.9 Å². The summed E-state index contributed by atoms with van der Waals surface area (Å²) < 4.78 is 40.1. The van der Waals surface area contributed by atoms with Gasteiger partial charge in [0.1, 0.15) is 11.6 Å². The van der Waals surface area contributed by atoms with Gasteiger partial charge in [-0.15, -0.1) is 0 Å². The smallest absolute Gasteiger partial charge is 0.243 e. The van der Waals surface area contributed by atoms with Gasteiger partial charge in [0.25, 0.3) is 0 Å². The van der Waals surface area contributed by atoms with E-state index in [9.17, 15) is 17.6 Å². The molecule has 0 bridgehead atoms. The Morgan fingerprint density at radius 3 is 2.58 bits per heavy atom. The van der Waals surface area contributed by atoms with E-state index in [0.717, 1.165) is 15.9 Å². The van der Waals surface area contributed by atoms with E-state index in [1.54, 1.807) is 6.07 Å². The summed E-state index contributed by atoms with van der Waals surface area (Å²) in [7, 11) is -2.62. The highest BCUT2D eigenvalue weighted by molar-refractivity contribution is 7.89. The predicted molar refractivity (Wildman–Crippen MR) is 116 cm³/mol. The van der Waals surface area contributed by atoms with Crippen LogP contribution >= 0.6 is 0 Å². The molecule has 4 aromatic rings. The number of imidazole rings is 1. The second-order valence-corrected chi connectivity index (χ2v) is 8.99. The summed E-state index contributed by atoms with van der Waals surface area (Å²) in [6.07, 6.45) is 0. The highest BCUT2D eigenvalue weighted by atomic mass is 32.2. The third-order valence-corrected chi connectivity index (χ3v) is 6.48. The second kappa shape index (κ2) is 8.29. The van der Waals surface area contributed by atoms with E-state index in [4.69, 9.17) is 0 Å². The molecule has 2 N–H and O–H groups in total. The number of fused-ring (bicyclic) bond motifs is 1. The summed E-state index contributed by atoms with van der Waals surface area (Å²) in [5, 5.41) is 2.49. The quantitative estimate of drug-likeness (QED) is 0.481. The Bertz CT molecular complexity index is 1350. The Morgan fingerprint density at radius 1 is 1.06 bits per heavy atom. The van der Waals surface area contributed by atoms with Crippen molar-refractivity contribution in [2.45, 2.75) is 4.90 Å². The summed E-state index contributed by atoms with van der Waals surface area (Å²) in [5.74, 6) is -0.444. The zero-order chi connectivity index (χ0) is 22.0. The van der Waals surface area contributed by atoms with Crippen molar-refractivity contribution in [3.05, 3.63) is 78.6 Å². The summed E-state index contributed by atoms with van der Waals surface area (Å²) in [6, 6.07) is 19.4. The molecule has 7 nitrogen and oxygen atoms in total. The Labute approximate surface area is 178 Å². The maximum atomic E-state index is 13.3. The number of sulfonamides is 1. The van der Waals surface area contributed by atoms with Crippen molar-refractivity contribution in [1.82, 2.24) is 14.3 Å². The van der Waals surface area contributed by atoms with Gasteiger partial charge < -0.3 is 10.3 Å². The lowest BCUT2D eigenvalue weighted by molar-refractivity contribution is -0.116. The highest BCUT2D eigenvalue weighted by Gasteiger charge is 2.24. The number of nitrogens with one attached hydrogen (secondary N) is 2. The van der Waals surface area contributed by atoms with Crippen molar-refractivity contribution < 1.29 is 17.6 Å². The van der Waals surface area contributed by atoms with E-state index in [-0.39, 0.29) is 10.6 Å². The number of H-pyrrole nitrogens is 1. The first-order valence-corrected chi connectivity index (χ1v) is 10.8. The first-order valence-electron chi connectivity index (χ1n) is 9.40. The minimum Gasteiger partial charge on any atom is -0.338 e. The molecule has 0 fully saturated rings. The number of carbonyl (C=O) groups excluding carboxylic acids is 1. The largest absolute Gasteiger partial charge is 0.338 e. The SMILES string of the molecule is CN(CC(=O)Nc1cccc(F)c1)S(=O)(=O)c1ccc2nc(-c3ccccc3)[nH]c2c1. The standard InChI is InChI=1S/C22H19FN4O3S/c1-27(14-21(28)24-17-9-5-8-16(23)12-17)31(29,30)18-10-11-19-20(13-18)26-22(25-19)15-6-3-2-4-7-15/h2-13H,14H2,1H3,(H,24,28)(H,25,26). The molecule has 0 saturated heterocycles. The molecule has 1 heterocycles. The number of aromatic amines is 1. The minimum atomic E-state index is -3.93. The molecule has 0 aliphatic heterocycles. The lowest BCUT2D eigenvalue weighted by Gasteiger charge is -2.17. The van der Waals surface area contributed by atoms with Crippen LogP contribution in [0.1, 0.15) is 0 Å². The van der Waals surface area contributed by atoms with E-state index < -0.39 is 28.3 Å². The van der Waals surface area contributed by atoms with Crippen LogP contribution in [0.3, 0.4) is 0 Å². The van der Waals surface area contributed by atoms with Gasteiger partial charge in [-0.1, -0.05) is 36.4 Å². The van der Waals surface area contributed by atoms with E-state index >= 15 is 0 Å². The number of benzene rings is 3. The maximum Gasteiger partial charge on any atom is 0.243 e. The monoisotopic (exact) mass is 438 g/mol. The molecule has 0 saturated carbocycles. The molecule has 0 spiro atoms. The van der Waals surface area contributed by atoms with E-state index in [1.807, 2.05) is 30.3 Å². The summed E-state index contributed by atoms with van der Waals surface area (Å²) in [6.45, 7) is -0.422. The van der Waals surface area contributed by atoms with Crippen molar-refractivity contribution in [3.8, 4) is 11.4 Å². The third-order valence-electron chi connectivity index (χ3n) is 4.68. The number of hydrogen-bond donors (Lipinski definition) is 2. The van der Waals surface area contributed by atoms with Gasteiger partial charge in [0.05, 0.1) is 22.5 Å². The van der Waals surface area contributed by atoms with Crippen LogP contribution < -0.4 is 5.32 Å².